The summed E-state index contributed by atoms with van der Waals surface area (Å²) in [6.07, 6.45) is -2.17. The van der Waals surface area contributed by atoms with E-state index in [4.69, 9.17) is 14.0 Å². The van der Waals surface area contributed by atoms with Crippen molar-refractivity contribution in [3.8, 4) is 0 Å². The Morgan fingerprint density at radius 3 is 2.58 bits per heavy atom. The van der Waals surface area contributed by atoms with E-state index in [1.54, 1.807) is 30.3 Å². The van der Waals surface area contributed by atoms with Gasteiger partial charge in [0.2, 0.25) is 0 Å². The Hall–Kier alpha value is -1.74. The number of oxime groups is 1. The number of rotatable bonds is 10. The van der Waals surface area contributed by atoms with E-state index in [1.165, 1.54) is 0 Å². The molecule has 1 aliphatic rings. The molecule has 0 aliphatic carbocycles. The number of aliphatic hydroxyl groups is 3. The fourth-order valence-corrected chi connectivity index (χ4v) is 4.06. The number of hydrogen-bond acceptors (Lipinski definition) is 11. The molecular weight excluding hydrogens is 454 g/mol. The van der Waals surface area contributed by atoms with Gasteiger partial charge in [0, 0.05) is 6.42 Å². The minimum Gasteiger partial charge on any atom is -0.462 e. The van der Waals surface area contributed by atoms with E-state index < -0.39 is 40.1 Å². The lowest BCUT2D eigenvalue weighted by Gasteiger charge is -2.36. The van der Waals surface area contributed by atoms with E-state index in [-0.39, 0.29) is 31.1 Å². The van der Waals surface area contributed by atoms with E-state index in [9.17, 15) is 28.5 Å². The Kier molecular flexibility index (Phi) is 10.2. The molecule has 1 saturated heterocycles. The SMILES string of the molecule is O=C(OCCCC/C(=N/OS(=O)(=O)O)S[C@@H]1O[C@H](CO)C[C@H](O)[C@H]1O)c1ccccc1. The van der Waals surface area contributed by atoms with Crippen molar-refractivity contribution in [1.29, 1.82) is 0 Å². The number of esters is 1. The van der Waals surface area contributed by atoms with Gasteiger partial charge >= 0.3 is 16.4 Å². The summed E-state index contributed by atoms with van der Waals surface area (Å²) in [6, 6.07) is 8.45. The topological polar surface area (TPSA) is 172 Å². The first kappa shape index (κ1) is 25.5. The minimum atomic E-state index is -4.84. The molecule has 0 amide bonds. The number of benzene rings is 1. The van der Waals surface area contributed by atoms with Crippen molar-refractivity contribution in [1.82, 2.24) is 0 Å². The first-order chi connectivity index (χ1) is 14.7. The van der Waals surface area contributed by atoms with Crippen molar-refractivity contribution >= 4 is 33.2 Å². The van der Waals surface area contributed by atoms with Crippen LogP contribution in [-0.2, 0) is 24.2 Å². The van der Waals surface area contributed by atoms with Crippen LogP contribution in [0.3, 0.4) is 0 Å². The van der Waals surface area contributed by atoms with Gasteiger partial charge in [0.05, 0.1) is 31.0 Å². The normalized spacial score (nSPS) is 24.6. The zero-order valence-electron chi connectivity index (χ0n) is 16.4. The Morgan fingerprint density at radius 1 is 1.23 bits per heavy atom. The smallest absolute Gasteiger partial charge is 0.462 e. The number of nitrogens with zero attached hydrogens (tertiary/aromatic N) is 1. The number of hydrogen-bond donors (Lipinski definition) is 4. The van der Waals surface area contributed by atoms with E-state index in [0.29, 0.717) is 18.4 Å². The molecule has 4 atom stereocenters. The van der Waals surface area contributed by atoms with Crippen molar-refractivity contribution in [3.05, 3.63) is 35.9 Å². The lowest BCUT2D eigenvalue weighted by atomic mass is 10.0. The molecule has 1 heterocycles. The predicted molar refractivity (Wildman–Crippen MR) is 111 cm³/mol. The van der Waals surface area contributed by atoms with E-state index in [0.717, 1.165) is 11.8 Å². The zero-order valence-corrected chi connectivity index (χ0v) is 18.1. The van der Waals surface area contributed by atoms with Gasteiger partial charge in [-0.05, 0) is 31.4 Å². The molecule has 31 heavy (non-hydrogen) atoms. The molecule has 0 aromatic heterocycles. The first-order valence-electron chi connectivity index (χ1n) is 9.44. The minimum absolute atomic E-state index is 0.0372. The van der Waals surface area contributed by atoms with Crippen LogP contribution in [0.5, 0.6) is 0 Å². The van der Waals surface area contributed by atoms with Gasteiger partial charge in [-0.25, -0.2) is 9.08 Å². The van der Waals surface area contributed by atoms with Crippen LogP contribution in [-0.4, -0.2) is 76.3 Å². The van der Waals surface area contributed by atoms with Crippen molar-refractivity contribution in [2.24, 2.45) is 5.16 Å². The lowest BCUT2D eigenvalue weighted by Crippen LogP contribution is -2.48. The second-order valence-electron chi connectivity index (χ2n) is 6.67. The van der Waals surface area contributed by atoms with Crippen molar-refractivity contribution in [2.75, 3.05) is 13.2 Å². The van der Waals surface area contributed by atoms with Crippen molar-refractivity contribution in [3.63, 3.8) is 0 Å². The van der Waals surface area contributed by atoms with E-state index in [2.05, 4.69) is 9.44 Å². The number of carbonyl (C=O) groups is 1. The summed E-state index contributed by atoms with van der Waals surface area (Å²) in [7, 11) is -4.84. The van der Waals surface area contributed by atoms with Gasteiger partial charge in [0.25, 0.3) is 0 Å². The Morgan fingerprint density at radius 2 is 1.94 bits per heavy atom. The van der Waals surface area contributed by atoms with E-state index >= 15 is 0 Å². The molecule has 1 aromatic carbocycles. The number of unbranched alkanes of at least 4 members (excludes halogenated alkanes) is 1. The number of aliphatic hydroxyl groups excluding tert-OH is 3. The molecule has 0 saturated carbocycles. The monoisotopic (exact) mass is 479 g/mol. The molecule has 11 nitrogen and oxygen atoms in total. The highest BCUT2D eigenvalue weighted by Crippen LogP contribution is 2.30. The maximum absolute atomic E-state index is 11.9. The lowest BCUT2D eigenvalue weighted by molar-refractivity contribution is -0.145. The van der Waals surface area contributed by atoms with Gasteiger partial charge in [0.15, 0.2) is 0 Å². The first-order valence-corrected chi connectivity index (χ1v) is 11.7. The van der Waals surface area contributed by atoms with Gasteiger partial charge in [0.1, 0.15) is 16.6 Å². The number of ether oxygens (including phenoxy) is 2. The second-order valence-corrected chi connectivity index (χ2v) is 8.84. The standard InChI is InChI=1S/C18H25NO10S2/c20-11-13-10-14(21)16(22)18(28-13)30-15(19-29-31(24,25)26)8-4-5-9-27-17(23)12-6-2-1-3-7-12/h1-3,6-7,13-14,16,18,20-22H,4-5,8-11H2,(H,24,25,26)/b19-15-/t13-,14-,16+,18-/m0/s1. The van der Waals surface area contributed by atoms with Crippen LogP contribution in [0.15, 0.2) is 35.5 Å². The fraction of sp³-hybridized carbons (Fsp3) is 0.556. The molecule has 4 N–H and O–H groups in total. The molecule has 2 rings (SSSR count). The summed E-state index contributed by atoms with van der Waals surface area (Å²) >= 11 is 0.797. The van der Waals surface area contributed by atoms with Crippen molar-refractivity contribution < 1.29 is 46.8 Å². The van der Waals surface area contributed by atoms with Crippen LogP contribution in [0.4, 0.5) is 0 Å². The number of carbonyl (C=O) groups excluding carboxylic acids is 1. The Balaban J connectivity index is 1.88. The molecule has 0 spiro atoms. The molecule has 0 bridgehead atoms. The van der Waals surface area contributed by atoms with Gasteiger partial charge in [-0.2, -0.15) is 8.42 Å². The average Bonchev–Trinajstić information content (AvgIpc) is 2.74. The van der Waals surface area contributed by atoms with Crippen LogP contribution in [0, 0.1) is 0 Å². The summed E-state index contributed by atoms with van der Waals surface area (Å²) < 4.78 is 45.1. The van der Waals surface area contributed by atoms with Gasteiger partial charge in [-0.3, -0.25) is 4.55 Å². The second kappa shape index (κ2) is 12.3. The fourth-order valence-electron chi connectivity index (χ4n) is 2.68. The maximum Gasteiger partial charge on any atom is 0.466 e. The number of thioether (sulfide) groups is 1. The van der Waals surface area contributed by atoms with Crippen LogP contribution < -0.4 is 0 Å². The van der Waals surface area contributed by atoms with Crippen LogP contribution in [0.2, 0.25) is 0 Å². The molecule has 0 radical (unpaired) electrons. The molecule has 1 fully saturated rings. The van der Waals surface area contributed by atoms with Crippen LogP contribution in [0.1, 0.15) is 36.0 Å². The third-order valence-corrected chi connectivity index (χ3v) is 5.66. The van der Waals surface area contributed by atoms with Crippen molar-refractivity contribution in [2.45, 2.75) is 49.4 Å². The molecule has 13 heteroatoms. The highest BCUT2D eigenvalue weighted by molar-refractivity contribution is 8.14. The summed E-state index contributed by atoms with van der Waals surface area (Å²) in [5.41, 5.74) is -0.622. The summed E-state index contributed by atoms with van der Waals surface area (Å²) in [5, 5.41) is 32.7. The third-order valence-electron chi connectivity index (χ3n) is 4.22. The summed E-state index contributed by atoms with van der Waals surface area (Å²) in [6.45, 7) is -0.264. The predicted octanol–water partition coefficient (Wildman–Crippen LogP) is 0.709. The third kappa shape index (κ3) is 9.11. The molecular formula is C18H25NO10S2. The van der Waals surface area contributed by atoms with Crippen LogP contribution in [0.25, 0.3) is 0 Å². The Bertz CT molecular complexity index is 833. The van der Waals surface area contributed by atoms with Gasteiger partial charge in [-0.15, -0.1) is 0 Å². The molecule has 1 aromatic rings. The zero-order chi connectivity index (χ0) is 22.9. The molecule has 174 valence electrons. The van der Waals surface area contributed by atoms with E-state index in [1.807, 2.05) is 0 Å². The van der Waals surface area contributed by atoms with Crippen LogP contribution >= 0.6 is 11.8 Å². The summed E-state index contributed by atoms with van der Waals surface area (Å²) in [4.78, 5) is 11.9. The summed E-state index contributed by atoms with van der Waals surface area (Å²) in [5.74, 6) is -0.471. The maximum atomic E-state index is 11.9. The van der Waals surface area contributed by atoms with Gasteiger partial charge in [-0.1, -0.05) is 35.1 Å². The average molecular weight is 480 g/mol. The molecule has 0 unspecified atom stereocenters. The quantitative estimate of drug-likeness (QED) is 0.0929. The highest BCUT2D eigenvalue weighted by Gasteiger charge is 2.37. The molecule has 1 aliphatic heterocycles. The largest absolute Gasteiger partial charge is 0.466 e. The van der Waals surface area contributed by atoms with Gasteiger partial charge < -0.3 is 24.8 Å². The Labute approximate surface area is 183 Å². The highest BCUT2D eigenvalue weighted by atomic mass is 32.3.